The number of nitro benzene ring substituents is 1. The van der Waals surface area contributed by atoms with Gasteiger partial charge in [-0.1, -0.05) is 0 Å². The lowest BCUT2D eigenvalue weighted by molar-refractivity contribution is -0.385. The molecular weight excluding hydrogens is 243 g/mol. The molecule has 0 aliphatic heterocycles. The Labute approximate surface area is 103 Å². The molecule has 0 aromatic heterocycles. The highest BCUT2D eigenvalue weighted by Crippen LogP contribution is 2.20. The number of aliphatic hydroxyl groups excluding tert-OH is 1. The first-order valence-electron chi connectivity index (χ1n) is 5.14. The molecule has 0 spiro atoms. The van der Waals surface area contributed by atoms with Crippen molar-refractivity contribution >= 4 is 11.6 Å². The van der Waals surface area contributed by atoms with E-state index in [0.717, 1.165) is 18.2 Å². The lowest BCUT2D eigenvalue weighted by Gasteiger charge is -2.23. The van der Waals surface area contributed by atoms with E-state index >= 15 is 0 Å². The molecule has 0 fully saturated rings. The molecule has 0 unspecified atom stereocenters. The number of nitrogens with zero attached hydrogens (tertiary/aromatic N) is 1. The second-order valence-corrected chi connectivity index (χ2v) is 4.41. The Morgan fingerprint density at radius 2 is 2.17 bits per heavy atom. The van der Waals surface area contributed by atoms with Crippen molar-refractivity contribution in [3.05, 3.63) is 39.7 Å². The van der Waals surface area contributed by atoms with Crippen LogP contribution in [0.3, 0.4) is 0 Å². The van der Waals surface area contributed by atoms with E-state index in [2.05, 4.69) is 5.32 Å². The SMILES string of the molecule is CC(C)(CO)NC(=O)c1cc(F)ccc1[N+](=O)[O-]. The van der Waals surface area contributed by atoms with E-state index in [1.807, 2.05) is 0 Å². The minimum atomic E-state index is -0.947. The van der Waals surface area contributed by atoms with Crippen molar-refractivity contribution < 1.29 is 19.2 Å². The molecule has 0 radical (unpaired) electrons. The zero-order valence-corrected chi connectivity index (χ0v) is 9.94. The first-order valence-corrected chi connectivity index (χ1v) is 5.14. The second kappa shape index (κ2) is 5.09. The molecule has 0 saturated heterocycles. The predicted molar refractivity (Wildman–Crippen MR) is 61.7 cm³/mol. The van der Waals surface area contributed by atoms with Crippen LogP contribution in [-0.2, 0) is 0 Å². The maximum absolute atomic E-state index is 13.0. The van der Waals surface area contributed by atoms with Crippen molar-refractivity contribution in [3.63, 3.8) is 0 Å². The summed E-state index contributed by atoms with van der Waals surface area (Å²) in [6.07, 6.45) is 0. The van der Waals surface area contributed by atoms with Gasteiger partial charge in [-0.15, -0.1) is 0 Å². The van der Waals surface area contributed by atoms with E-state index in [-0.39, 0.29) is 12.2 Å². The molecule has 1 aromatic rings. The zero-order valence-electron chi connectivity index (χ0n) is 9.94. The fourth-order valence-corrected chi connectivity index (χ4v) is 1.26. The number of hydrogen-bond donors (Lipinski definition) is 2. The summed E-state index contributed by atoms with van der Waals surface area (Å²) in [5.41, 5.74) is -1.80. The number of hydrogen-bond acceptors (Lipinski definition) is 4. The van der Waals surface area contributed by atoms with Gasteiger partial charge in [0, 0.05) is 6.07 Å². The van der Waals surface area contributed by atoms with Gasteiger partial charge in [0.05, 0.1) is 17.1 Å². The normalized spacial score (nSPS) is 11.1. The van der Waals surface area contributed by atoms with Crippen LogP contribution in [0.2, 0.25) is 0 Å². The highest BCUT2D eigenvalue weighted by atomic mass is 19.1. The molecule has 1 rings (SSSR count). The van der Waals surface area contributed by atoms with E-state index < -0.39 is 27.9 Å². The van der Waals surface area contributed by atoms with Crippen molar-refractivity contribution in [2.24, 2.45) is 0 Å². The van der Waals surface area contributed by atoms with Gasteiger partial charge in [0.15, 0.2) is 0 Å². The average molecular weight is 256 g/mol. The summed E-state index contributed by atoms with van der Waals surface area (Å²) in [6.45, 7) is 2.73. The number of amides is 1. The van der Waals surface area contributed by atoms with Crippen LogP contribution in [0, 0.1) is 15.9 Å². The largest absolute Gasteiger partial charge is 0.394 e. The van der Waals surface area contributed by atoms with Gasteiger partial charge in [-0.25, -0.2) is 4.39 Å². The van der Waals surface area contributed by atoms with Crippen LogP contribution >= 0.6 is 0 Å². The van der Waals surface area contributed by atoms with Gasteiger partial charge in [0.1, 0.15) is 11.4 Å². The van der Waals surface area contributed by atoms with Crippen LogP contribution in [0.5, 0.6) is 0 Å². The standard InChI is InChI=1S/C11H13FN2O4/c1-11(2,6-15)13-10(16)8-5-7(12)3-4-9(8)14(17)18/h3-5,15H,6H2,1-2H3,(H,13,16). The van der Waals surface area contributed by atoms with Crippen LogP contribution in [0.4, 0.5) is 10.1 Å². The number of halogens is 1. The lowest BCUT2D eigenvalue weighted by Crippen LogP contribution is -2.46. The molecule has 0 atom stereocenters. The molecule has 18 heavy (non-hydrogen) atoms. The number of benzene rings is 1. The maximum Gasteiger partial charge on any atom is 0.282 e. The van der Waals surface area contributed by atoms with Gasteiger partial charge in [0.25, 0.3) is 11.6 Å². The van der Waals surface area contributed by atoms with Crippen molar-refractivity contribution in [3.8, 4) is 0 Å². The topological polar surface area (TPSA) is 92.5 Å². The van der Waals surface area contributed by atoms with E-state index in [1.165, 1.54) is 13.8 Å². The van der Waals surface area contributed by atoms with E-state index in [1.54, 1.807) is 0 Å². The minimum Gasteiger partial charge on any atom is -0.394 e. The molecule has 1 amide bonds. The summed E-state index contributed by atoms with van der Waals surface area (Å²) in [7, 11) is 0. The number of nitro groups is 1. The minimum absolute atomic E-state index is 0.345. The van der Waals surface area contributed by atoms with Gasteiger partial charge in [-0.05, 0) is 26.0 Å². The summed E-state index contributed by atoms with van der Waals surface area (Å²) in [5.74, 6) is -1.55. The Morgan fingerprint density at radius 3 is 2.67 bits per heavy atom. The Kier molecular flexibility index (Phi) is 3.97. The van der Waals surface area contributed by atoms with Crippen LogP contribution in [-0.4, -0.2) is 28.1 Å². The summed E-state index contributed by atoms with van der Waals surface area (Å²) < 4.78 is 13.0. The Morgan fingerprint density at radius 1 is 1.56 bits per heavy atom. The molecule has 6 nitrogen and oxygen atoms in total. The summed E-state index contributed by atoms with van der Waals surface area (Å²) in [6, 6.07) is 2.63. The van der Waals surface area contributed by atoms with Crippen LogP contribution in [0.25, 0.3) is 0 Å². The second-order valence-electron chi connectivity index (χ2n) is 4.41. The van der Waals surface area contributed by atoms with Gasteiger partial charge < -0.3 is 10.4 Å². The fourth-order valence-electron chi connectivity index (χ4n) is 1.26. The van der Waals surface area contributed by atoms with Gasteiger partial charge in [-0.3, -0.25) is 14.9 Å². The van der Waals surface area contributed by atoms with Crippen molar-refractivity contribution in [1.82, 2.24) is 5.32 Å². The quantitative estimate of drug-likeness (QED) is 0.626. The highest BCUT2D eigenvalue weighted by molar-refractivity contribution is 5.98. The number of aliphatic hydroxyl groups is 1. The molecule has 0 bridgehead atoms. The Hall–Kier alpha value is -2.02. The third-order valence-electron chi connectivity index (χ3n) is 2.25. The molecular formula is C11H13FN2O4. The fraction of sp³-hybridized carbons (Fsp3) is 0.364. The third-order valence-corrected chi connectivity index (χ3v) is 2.25. The molecule has 1 aromatic carbocycles. The van der Waals surface area contributed by atoms with Crippen LogP contribution < -0.4 is 5.32 Å². The van der Waals surface area contributed by atoms with Gasteiger partial charge in [-0.2, -0.15) is 0 Å². The average Bonchev–Trinajstić information content (AvgIpc) is 2.28. The molecule has 0 aliphatic carbocycles. The molecule has 0 heterocycles. The molecule has 0 saturated carbocycles. The van der Waals surface area contributed by atoms with Crippen molar-refractivity contribution in [1.29, 1.82) is 0 Å². The highest BCUT2D eigenvalue weighted by Gasteiger charge is 2.26. The summed E-state index contributed by atoms with van der Waals surface area (Å²) in [5, 5.41) is 22.1. The van der Waals surface area contributed by atoms with E-state index in [4.69, 9.17) is 5.11 Å². The Balaban J connectivity index is 3.12. The van der Waals surface area contributed by atoms with Gasteiger partial charge >= 0.3 is 0 Å². The van der Waals surface area contributed by atoms with Crippen LogP contribution in [0.15, 0.2) is 18.2 Å². The summed E-state index contributed by atoms with van der Waals surface area (Å²) in [4.78, 5) is 21.8. The third kappa shape index (κ3) is 3.24. The Bertz CT molecular complexity index is 488. The monoisotopic (exact) mass is 256 g/mol. The molecule has 7 heteroatoms. The van der Waals surface area contributed by atoms with Gasteiger partial charge in [0.2, 0.25) is 0 Å². The number of nitrogens with one attached hydrogen (secondary N) is 1. The summed E-state index contributed by atoms with van der Waals surface area (Å²) >= 11 is 0. The lowest BCUT2D eigenvalue weighted by atomic mass is 10.1. The van der Waals surface area contributed by atoms with E-state index in [0.29, 0.717) is 0 Å². The first-order chi connectivity index (χ1) is 8.26. The molecule has 0 aliphatic rings. The smallest absolute Gasteiger partial charge is 0.282 e. The number of carbonyl (C=O) groups excluding carboxylic acids is 1. The van der Waals surface area contributed by atoms with E-state index in [9.17, 15) is 19.3 Å². The first kappa shape index (κ1) is 14.0. The number of carbonyl (C=O) groups is 1. The maximum atomic E-state index is 13.0. The van der Waals surface area contributed by atoms with Crippen LogP contribution in [0.1, 0.15) is 24.2 Å². The van der Waals surface area contributed by atoms with Crippen molar-refractivity contribution in [2.75, 3.05) is 6.61 Å². The molecule has 98 valence electrons. The number of rotatable bonds is 4. The molecule has 2 N–H and O–H groups in total. The predicted octanol–water partition coefficient (Wildman–Crippen LogP) is 1.23. The zero-order chi connectivity index (χ0) is 13.9. The van der Waals surface area contributed by atoms with Crippen molar-refractivity contribution in [2.45, 2.75) is 19.4 Å².